The molecule has 2 aliphatic heterocycles. The number of fused-ring (bicyclic) bond motifs is 1. The molecule has 134 valence electrons. The first kappa shape index (κ1) is 17.5. The monoisotopic (exact) mass is 370 g/mol. The van der Waals surface area contributed by atoms with Crippen LogP contribution < -0.4 is 5.32 Å². The van der Waals surface area contributed by atoms with Gasteiger partial charge in [0, 0.05) is 13.0 Å². The van der Waals surface area contributed by atoms with Crippen LogP contribution in [-0.2, 0) is 37.0 Å². The summed E-state index contributed by atoms with van der Waals surface area (Å²) in [5.74, 6) is -2.42. The molecule has 2 heterocycles. The molecule has 1 saturated heterocycles. The fraction of sp³-hybridized carbons (Fsp3) is 0.400. The van der Waals surface area contributed by atoms with E-state index in [0.717, 1.165) is 12.3 Å². The summed E-state index contributed by atoms with van der Waals surface area (Å²) in [6, 6.07) is 1.68. The van der Waals surface area contributed by atoms with Gasteiger partial charge in [-0.25, -0.2) is 4.39 Å². The van der Waals surface area contributed by atoms with E-state index < -0.39 is 39.7 Å². The number of rotatable bonds is 4. The van der Waals surface area contributed by atoms with Crippen LogP contribution in [0, 0.1) is 5.82 Å². The number of hydrogen-bond acceptors (Lipinski definition) is 6. The zero-order valence-corrected chi connectivity index (χ0v) is 14.1. The Kier molecular flexibility index (Phi) is 4.33. The molecule has 0 spiro atoms. The number of imide groups is 1. The summed E-state index contributed by atoms with van der Waals surface area (Å²) in [5.41, 5.74) is 0.467. The molecule has 10 heteroatoms. The first-order valence-corrected chi connectivity index (χ1v) is 9.28. The smallest absolute Gasteiger partial charge is 0.264 e. The third-order valence-electron chi connectivity index (χ3n) is 4.07. The molecule has 0 radical (unpaired) electrons. The lowest BCUT2D eigenvalue weighted by atomic mass is 10.0. The van der Waals surface area contributed by atoms with E-state index in [1.165, 1.54) is 11.0 Å². The number of amides is 3. The van der Waals surface area contributed by atoms with Crippen LogP contribution >= 0.6 is 0 Å². The largest absolute Gasteiger partial charge is 0.322 e. The van der Waals surface area contributed by atoms with Crippen LogP contribution in [0.25, 0.3) is 0 Å². The van der Waals surface area contributed by atoms with Crippen molar-refractivity contribution in [3.8, 4) is 0 Å². The molecule has 1 fully saturated rings. The number of carbonyl (C=O) groups excluding carboxylic acids is 3. The van der Waals surface area contributed by atoms with E-state index in [2.05, 4.69) is 9.50 Å². The molecule has 0 saturated carbocycles. The molecular weight excluding hydrogens is 355 g/mol. The number of carbonyl (C=O) groups is 3. The van der Waals surface area contributed by atoms with Crippen molar-refractivity contribution in [2.24, 2.45) is 0 Å². The van der Waals surface area contributed by atoms with Gasteiger partial charge in [-0.05, 0) is 23.6 Å². The molecule has 1 aromatic carbocycles. The Hall–Kier alpha value is -2.33. The Morgan fingerprint density at radius 3 is 2.68 bits per heavy atom. The molecular formula is C15H15FN2O6S. The highest BCUT2D eigenvalue weighted by atomic mass is 32.2. The van der Waals surface area contributed by atoms with Crippen LogP contribution in [0.15, 0.2) is 12.1 Å². The van der Waals surface area contributed by atoms with Crippen molar-refractivity contribution in [3.63, 3.8) is 0 Å². The van der Waals surface area contributed by atoms with Crippen LogP contribution in [0.4, 0.5) is 4.39 Å². The summed E-state index contributed by atoms with van der Waals surface area (Å²) in [7, 11) is -3.69. The first-order valence-electron chi connectivity index (χ1n) is 7.46. The highest BCUT2D eigenvalue weighted by Gasteiger charge is 2.40. The summed E-state index contributed by atoms with van der Waals surface area (Å²) in [4.78, 5) is 36.9. The topological polar surface area (TPSA) is 110 Å². The number of benzene rings is 1. The second kappa shape index (κ2) is 6.19. The summed E-state index contributed by atoms with van der Waals surface area (Å²) in [5, 5.41) is 2.16. The van der Waals surface area contributed by atoms with Gasteiger partial charge in [0.2, 0.25) is 11.8 Å². The molecule has 0 aliphatic carbocycles. The Morgan fingerprint density at radius 1 is 1.32 bits per heavy atom. The van der Waals surface area contributed by atoms with E-state index >= 15 is 0 Å². The number of hydrogen-bond donors (Lipinski definition) is 1. The van der Waals surface area contributed by atoms with Crippen LogP contribution in [0.2, 0.25) is 0 Å². The third-order valence-corrected chi connectivity index (χ3v) is 4.62. The number of piperidine rings is 1. The maximum Gasteiger partial charge on any atom is 0.264 e. The fourth-order valence-corrected chi connectivity index (χ4v) is 3.33. The second-order valence-corrected chi connectivity index (χ2v) is 7.62. The maximum absolute atomic E-state index is 14.3. The van der Waals surface area contributed by atoms with Gasteiger partial charge in [-0.1, -0.05) is 6.07 Å². The van der Waals surface area contributed by atoms with Gasteiger partial charge in [0.15, 0.2) is 0 Å². The normalized spacial score (nSPS) is 20.6. The van der Waals surface area contributed by atoms with Gasteiger partial charge in [0.1, 0.15) is 11.9 Å². The lowest BCUT2D eigenvalue weighted by Gasteiger charge is -2.29. The van der Waals surface area contributed by atoms with Gasteiger partial charge in [-0.15, -0.1) is 0 Å². The van der Waals surface area contributed by atoms with Crippen LogP contribution in [0.1, 0.15) is 34.3 Å². The number of nitrogens with zero attached hydrogens (tertiary/aromatic N) is 1. The minimum absolute atomic E-state index is 0.00405. The SMILES string of the molecule is CS(=O)(=O)OCc1cc(F)c2c(c1)CN(C1CCC(=O)NC1=O)C2=O. The highest BCUT2D eigenvalue weighted by molar-refractivity contribution is 7.85. The summed E-state index contributed by atoms with van der Waals surface area (Å²) >= 11 is 0. The second-order valence-electron chi connectivity index (χ2n) is 5.98. The predicted octanol–water partition coefficient (Wildman–Crippen LogP) is 0.0629. The van der Waals surface area contributed by atoms with E-state index in [1.807, 2.05) is 0 Å². The molecule has 3 amide bonds. The molecule has 8 nitrogen and oxygen atoms in total. The zero-order valence-electron chi connectivity index (χ0n) is 13.2. The van der Waals surface area contributed by atoms with Crippen molar-refractivity contribution in [1.82, 2.24) is 10.2 Å². The Labute approximate surface area is 143 Å². The van der Waals surface area contributed by atoms with E-state index in [-0.39, 0.29) is 37.1 Å². The maximum atomic E-state index is 14.3. The molecule has 2 aliphatic rings. The summed E-state index contributed by atoms with van der Waals surface area (Å²) < 4.78 is 41.0. The Bertz CT molecular complexity index is 882. The number of nitrogens with one attached hydrogen (secondary N) is 1. The molecule has 0 aromatic heterocycles. The molecule has 1 unspecified atom stereocenters. The molecule has 1 N–H and O–H groups in total. The summed E-state index contributed by atoms with van der Waals surface area (Å²) in [6.45, 7) is -0.348. The van der Waals surface area contributed by atoms with Crippen LogP contribution in [0.5, 0.6) is 0 Å². The predicted molar refractivity (Wildman–Crippen MR) is 82.1 cm³/mol. The summed E-state index contributed by atoms with van der Waals surface area (Å²) in [6.07, 6.45) is 1.16. The van der Waals surface area contributed by atoms with Crippen molar-refractivity contribution < 1.29 is 31.4 Å². The molecule has 0 bridgehead atoms. The first-order chi connectivity index (χ1) is 11.7. The lowest BCUT2D eigenvalue weighted by Crippen LogP contribution is -2.52. The molecule has 1 aromatic rings. The number of halogens is 1. The van der Waals surface area contributed by atoms with Gasteiger partial charge in [-0.2, -0.15) is 8.42 Å². The quantitative estimate of drug-likeness (QED) is 0.593. The van der Waals surface area contributed by atoms with Crippen molar-refractivity contribution >= 4 is 27.8 Å². The average Bonchev–Trinajstić information content (AvgIpc) is 2.82. The highest BCUT2D eigenvalue weighted by Crippen LogP contribution is 2.30. The standard InChI is InChI=1S/C15H15FN2O6S/c1-25(22,23)24-7-8-4-9-6-18(15(21)13(9)10(16)5-8)11-2-3-12(19)17-14(11)20/h4-5,11H,2-3,6-7H2,1H3,(H,17,19,20). The molecule has 1 atom stereocenters. The van der Waals surface area contributed by atoms with Crippen LogP contribution in [-0.4, -0.2) is 43.3 Å². The Balaban J connectivity index is 1.84. The van der Waals surface area contributed by atoms with E-state index in [0.29, 0.717) is 5.56 Å². The van der Waals surface area contributed by atoms with Crippen molar-refractivity contribution in [3.05, 3.63) is 34.6 Å². The third kappa shape index (κ3) is 3.54. The average molecular weight is 370 g/mol. The fourth-order valence-electron chi connectivity index (χ4n) is 2.98. The van der Waals surface area contributed by atoms with Crippen molar-refractivity contribution in [2.45, 2.75) is 32.0 Å². The van der Waals surface area contributed by atoms with E-state index in [1.54, 1.807) is 0 Å². The van der Waals surface area contributed by atoms with Gasteiger partial charge < -0.3 is 4.90 Å². The van der Waals surface area contributed by atoms with E-state index in [9.17, 15) is 27.2 Å². The van der Waals surface area contributed by atoms with Crippen LogP contribution in [0.3, 0.4) is 0 Å². The minimum Gasteiger partial charge on any atom is -0.322 e. The van der Waals surface area contributed by atoms with E-state index in [4.69, 9.17) is 0 Å². The van der Waals surface area contributed by atoms with Crippen molar-refractivity contribution in [2.75, 3.05) is 6.26 Å². The van der Waals surface area contributed by atoms with Crippen molar-refractivity contribution in [1.29, 1.82) is 0 Å². The van der Waals surface area contributed by atoms with Gasteiger partial charge in [0.05, 0.1) is 18.4 Å². The van der Waals surface area contributed by atoms with Gasteiger partial charge >= 0.3 is 0 Å². The minimum atomic E-state index is -3.69. The Morgan fingerprint density at radius 2 is 2.04 bits per heavy atom. The molecule has 3 rings (SSSR count). The zero-order chi connectivity index (χ0) is 18.4. The van der Waals surface area contributed by atoms with Gasteiger partial charge in [0.25, 0.3) is 16.0 Å². The molecule has 25 heavy (non-hydrogen) atoms. The van der Waals surface area contributed by atoms with Gasteiger partial charge in [-0.3, -0.25) is 23.9 Å². The lowest BCUT2D eigenvalue weighted by molar-refractivity contribution is -0.136.